The third kappa shape index (κ3) is 4.87. The van der Waals surface area contributed by atoms with Crippen LogP contribution in [-0.4, -0.2) is 22.6 Å². The number of nitrogens with two attached hydrogens (primary N) is 1. The predicted octanol–water partition coefficient (Wildman–Crippen LogP) is 2.42. The average molecular weight is 321 g/mol. The number of carbonyl (C=O) groups excluding carboxylic acids is 2. The third-order valence-corrected chi connectivity index (χ3v) is 4.34. The summed E-state index contributed by atoms with van der Waals surface area (Å²) in [5.41, 5.74) is 7.53. The van der Waals surface area contributed by atoms with E-state index < -0.39 is 0 Å². The summed E-state index contributed by atoms with van der Waals surface area (Å²) in [6, 6.07) is 7.37. The second-order valence-electron chi connectivity index (χ2n) is 4.43. The van der Waals surface area contributed by atoms with Gasteiger partial charge in [0.05, 0.1) is 11.4 Å². The van der Waals surface area contributed by atoms with Crippen molar-refractivity contribution in [1.29, 1.82) is 0 Å². The predicted molar refractivity (Wildman–Crippen MR) is 86.6 cm³/mol. The molecule has 110 valence electrons. The minimum absolute atomic E-state index is 0.176. The number of benzene rings is 1. The minimum atomic E-state index is -0.344. The van der Waals surface area contributed by atoms with E-state index in [-0.39, 0.29) is 17.6 Å². The number of rotatable bonds is 6. The summed E-state index contributed by atoms with van der Waals surface area (Å²) >= 11 is 2.76. The molecule has 2 aromatic rings. The lowest BCUT2D eigenvalue weighted by Gasteiger charge is -2.02. The van der Waals surface area contributed by atoms with E-state index >= 15 is 0 Å². The van der Waals surface area contributed by atoms with Gasteiger partial charge in [-0.3, -0.25) is 14.9 Å². The zero-order chi connectivity index (χ0) is 15.2. The Hall–Kier alpha value is -1.86. The highest BCUT2D eigenvalue weighted by atomic mass is 32.2. The van der Waals surface area contributed by atoms with Crippen LogP contribution >= 0.6 is 23.1 Å². The van der Waals surface area contributed by atoms with Crippen molar-refractivity contribution in [2.24, 2.45) is 5.73 Å². The molecule has 0 unspecified atom stereocenters. The van der Waals surface area contributed by atoms with Gasteiger partial charge in [-0.05, 0) is 19.1 Å². The first-order chi connectivity index (χ1) is 10.0. The molecule has 0 saturated heterocycles. The molecule has 5 nitrogen and oxygen atoms in total. The Bertz CT molecular complexity index is 655. The van der Waals surface area contributed by atoms with Crippen molar-refractivity contribution in [2.75, 3.05) is 11.1 Å². The summed E-state index contributed by atoms with van der Waals surface area (Å²) < 4.78 is 0. The molecule has 7 heteroatoms. The summed E-state index contributed by atoms with van der Waals surface area (Å²) in [7, 11) is 0. The van der Waals surface area contributed by atoms with E-state index in [1.807, 2.05) is 30.5 Å². The van der Waals surface area contributed by atoms with Crippen LogP contribution in [0.5, 0.6) is 0 Å². The number of hydrogen-bond acceptors (Lipinski definition) is 5. The molecule has 2 amide bonds. The maximum Gasteiger partial charge on any atom is 0.257 e. The van der Waals surface area contributed by atoms with Crippen LogP contribution in [0.3, 0.4) is 0 Å². The quantitative estimate of drug-likeness (QED) is 0.855. The van der Waals surface area contributed by atoms with Gasteiger partial charge in [-0.25, -0.2) is 4.98 Å². The van der Waals surface area contributed by atoms with Crippen LogP contribution in [0.1, 0.15) is 21.6 Å². The molecule has 3 N–H and O–H groups in total. The van der Waals surface area contributed by atoms with E-state index in [1.54, 1.807) is 6.07 Å². The molecule has 0 spiro atoms. The van der Waals surface area contributed by atoms with Gasteiger partial charge in [0.15, 0.2) is 5.13 Å². The number of amides is 2. The average Bonchev–Trinajstić information content (AvgIpc) is 2.86. The van der Waals surface area contributed by atoms with Crippen LogP contribution in [-0.2, 0) is 10.5 Å². The van der Waals surface area contributed by atoms with Crippen molar-refractivity contribution in [2.45, 2.75) is 12.7 Å². The van der Waals surface area contributed by atoms with Crippen LogP contribution < -0.4 is 11.1 Å². The summed E-state index contributed by atoms with van der Waals surface area (Å²) in [6.45, 7) is 1.94. The molecule has 0 bridgehead atoms. The molecule has 0 aliphatic rings. The lowest BCUT2D eigenvalue weighted by molar-refractivity contribution is -0.115. The Kier molecular flexibility index (Phi) is 5.35. The molecule has 0 aliphatic carbocycles. The standard InChI is InChI=1S/C14H15N3O2S2/c1-9-3-2-4-10(5-9)13(19)17-14-16-11(7-21-14)6-20-8-12(15)18/h2-5,7H,6,8H2,1H3,(H2,15,18)(H,16,17,19). The fourth-order valence-corrected chi connectivity index (χ4v) is 3.11. The van der Waals surface area contributed by atoms with E-state index in [4.69, 9.17) is 5.73 Å². The molecule has 0 radical (unpaired) electrons. The number of thiazole rings is 1. The maximum atomic E-state index is 12.1. The van der Waals surface area contributed by atoms with Gasteiger partial charge in [0.25, 0.3) is 5.91 Å². The van der Waals surface area contributed by atoms with Gasteiger partial charge in [0.1, 0.15) is 0 Å². The number of hydrogen-bond donors (Lipinski definition) is 2. The second kappa shape index (κ2) is 7.24. The first kappa shape index (κ1) is 15.5. The van der Waals surface area contributed by atoms with Gasteiger partial charge >= 0.3 is 0 Å². The Morgan fingerprint density at radius 3 is 2.95 bits per heavy atom. The molecular formula is C14H15N3O2S2. The van der Waals surface area contributed by atoms with Gasteiger partial charge in [-0.1, -0.05) is 17.7 Å². The topological polar surface area (TPSA) is 85.1 Å². The van der Waals surface area contributed by atoms with E-state index in [1.165, 1.54) is 23.1 Å². The Morgan fingerprint density at radius 1 is 1.43 bits per heavy atom. The van der Waals surface area contributed by atoms with Crippen molar-refractivity contribution in [3.05, 3.63) is 46.5 Å². The first-order valence-electron chi connectivity index (χ1n) is 6.23. The fraction of sp³-hybridized carbons (Fsp3) is 0.214. The highest BCUT2D eigenvalue weighted by Crippen LogP contribution is 2.20. The number of aryl methyl sites for hydroxylation is 1. The van der Waals surface area contributed by atoms with Crippen molar-refractivity contribution in [3.8, 4) is 0 Å². The number of anilines is 1. The molecule has 0 atom stereocenters. The summed E-state index contributed by atoms with van der Waals surface area (Å²) in [5.74, 6) is 0.343. The van der Waals surface area contributed by atoms with E-state index in [2.05, 4.69) is 10.3 Å². The number of aromatic nitrogens is 1. The molecule has 0 saturated carbocycles. The molecular weight excluding hydrogens is 306 g/mol. The van der Waals surface area contributed by atoms with Gasteiger partial charge in [-0.2, -0.15) is 0 Å². The lowest BCUT2D eigenvalue weighted by atomic mass is 10.1. The van der Waals surface area contributed by atoms with E-state index in [0.29, 0.717) is 16.4 Å². The Morgan fingerprint density at radius 2 is 2.24 bits per heavy atom. The number of carbonyl (C=O) groups is 2. The summed E-state index contributed by atoms with van der Waals surface area (Å²) in [5, 5.41) is 5.19. The lowest BCUT2D eigenvalue weighted by Crippen LogP contribution is -2.13. The second-order valence-corrected chi connectivity index (χ2v) is 6.27. The van der Waals surface area contributed by atoms with E-state index in [9.17, 15) is 9.59 Å². The summed E-state index contributed by atoms with van der Waals surface area (Å²) in [4.78, 5) is 27.0. The van der Waals surface area contributed by atoms with Crippen LogP contribution in [0.25, 0.3) is 0 Å². The molecule has 0 aliphatic heterocycles. The van der Waals surface area contributed by atoms with Crippen LogP contribution in [0, 0.1) is 6.92 Å². The Labute approximate surface area is 131 Å². The molecule has 2 rings (SSSR count). The molecule has 1 aromatic heterocycles. The smallest absolute Gasteiger partial charge is 0.257 e. The zero-order valence-corrected chi connectivity index (χ0v) is 13.1. The number of thioether (sulfide) groups is 1. The maximum absolute atomic E-state index is 12.1. The number of nitrogens with zero attached hydrogens (tertiary/aromatic N) is 1. The van der Waals surface area contributed by atoms with Crippen LogP contribution in [0.15, 0.2) is 29.6 Å². The van der Waals surface area contributed by atoms with Gasteiger partial charge < -0.3 is 5.73 Å². The van der Waals surface area contributed by atoms with Crippen LogP contribution in [0.4, 0.5) is 5.13 Å². The van der Waals surface area contributed by atoms with E-state index in [0.717, 1.165) is 11.3 Å². The highest BCUT2D eigenvalue weighted by Gasteiger charge is 2.09. The number of primary amides is 1. The van der Waals surface area contributed by atoms with Gasteiger partial charge in [-0.15, -0.1) is 23.1 Å². The zero-order valence-electron chi connectivity index (χ0n) is 11.5. The van der Waals surface area contributed by atoms with Crippen molar-refractivity contribution in [1.82, 2.24) is 4.98 Å². The Balaban J connectivity index is 1.93. The fourth-order valence-electron chi connectivity index (χ4n) is 1.64. The third-order valence-electron chi connectivity index (χ3n) is 2.55. The normalized spacial score (nSPS) is 10.3. The van der Waals surface area contributed by atoms with Crippen molar-refractivity contribution in [3.63, 3.8) is 0 Å². The number of nitrogens with one attached hydrogen (secondary N) is 1. The van der Waals surface area contributed by atoms with Crippen molar-refractivity contribution >= 4 is 40.0 Å². The van der Waals surface area contributed by atoms with Crippen LogP contribution in [0.2, 0.25) is 0 Å². The largest absolute Gasteiger partial charge is 0.369 e. The first-order valence-corrected chi connectivity index (χ1v) is 8.26. The van der Waals surface area contributed by atoms with Crippen molar-refractivity contribution < 1.29 is 9.59 Å². The SMILES string of the molecule is Cc1cccc(C(=O)Nc2nc(CSCC(N)=O)cs2)c1. The van der Waals surface area contributed by atoms with Gasteiger partial charge in [0.2, 0.25) is 5.91 Å². The molecule has 1 aromatic carbocycles. The molecule has 0 fully saturated rings. The minimum Gasteiger partial charge on any atom is -0.369 e. The highest BCUT2D eigenvalue weighted by molar-refractivity contribution is 7.99. The molecule has 21 heavy (non-hydrogen) atoms. The van der Waals surface area contributed by atoms with Gasteiger partial charge in [0, 0.05) is 16.7 Å². The summed E-state index contributed by atoms with van der Waals surface area (Å²) in [6.07, 6.45) is 0. The monoisotopic (exact) mass is 321 g/mol. The molecule has 1 heterocycles.